The lowest BCUT2D eigenvalue weighted by Crippen LogP contribution is -2.51. The van der Waals surface area contributed by atoms with E-state index in [9.17, 15) is 24.6 Å². The van der Waals surface area contributed by atoms with Crippen LogP contribution >= 0.6 is 0 Å². The van der Waals surface area contributed by atoms with Gasteiger partial charge in [0.15, 0.2) is 0 Å². The predicted molar refractivity (Wildman–Crippen MR) is 77.6 cm³/mol. The fraction of sp³-hybridized carbons (Fsp3) is 0.786. The number of nitrogens with two attached hydrogens (primary N) is 1. The van der Waals surface area contributed by atoms with Crippen molar-refractivity contribution in [2.45, 2.75) is 53.1 Å². The molecule has 0 aromatic rings. The summed E-state index contributed by atoms with van der Waals surface area (Å²) in [6, 6.07) is -2.10. The maximum Gasteiger partial charge on any atom is 0.326 e. The Labute approximate surface area is 124 Å². The zero-order valence-electron chi connectivity index (χ0n) is 13.2. The Morgan fingerprint density at radius 3 is 1.86 bits per heavy atom. The molecule has 0 rings (SSSR count). The second-order valence-electron chi connectivity index (χ2n) is 6.66. The van der Waals surface area contributed by atoms with E-state index in [4.69, 9.17) is 5.73 Å². The number of carbonyl (C=O) groups is 3. The van der Waals surface area contributed by atoms with Crippen molar-refractivity contribution in [1.29, 1.82) is 0 Å². The van der Waals surface area contributed by atoms with Gasteiger partial charge in [-0.3, -0.25) is 9.59 Å². The molecule has 0 spiro atoms. The molecule has 0 aliphatic carbocycles. The van der Waals surface area contributed by atoms with E-state index in [1.807, 2.05) is 0 Å². The molecule has 0 radical (unpaired) electrons. The lowest BCUT2D eigenvalue weighted by molar-refractivity contribution is -0.149. The van der Waals surface area contributed by atoms with Crippen molar-refractivity contribution < 1.29 is 24.6 Å². The van der Waals surface area contributed by atoms with Gasteiger partial charge in [-0.1, -0.05) is 34.6 Å². The van der Waals surface area contributed by atoms with E-state index in [0.29, 0.717) is 0 Å². The number of hydrogen-bond donors (Lipinski definition) is 4. The Morgan fingerprint density at radius 1 is 1.10 bits per heavy atom. The summed E-state index contributed by atoms with van der Waals surface area (Å²) >= 11 is 0. The Hall–Kier alpha value is -1.63. The highest BCUT2D eigenvalue weighted by molar-refractivity contribution is 5.87. The summed E-state index contributed by atoms with van der Waals surface area (Å²) in [5, 5.41) is 20.8. The molecule has 0 saturated heterocycles. The molecule has 21 heavy (non-hydrogen) atoms. The smallest absolute Gasteiger partial charge is 0.326 e. The van der Waals surface area contributed by atoms with Crippen LogP contribution in [0.1, 0.15) is 41.0 Å². The molecule has 0 aliphatic rings. The SMILES string of the molecule is CC(C)[C@H](N)C(=O)N[C@@H](CC(C(=O)O)C(C)(C)C)C(=O)O. The number of carbonyl (C=O) groups excluding carboxylic acids is 1. The fourth-order valence-corrected chi connectivity index (χ4v) is 1.85. The zero-order chi connectivity index (χ0) is 17.0. The fourth-order valence-electron chi connectivity index (χ4n) is 1.85. The zero-order valence-corrected chi connectivity index (χ0v) is 13.2. The second kappa shape index (κ2) is 7.40. The van der Waals surface area contributed by atoms with Gasteiger partial charge in [-0.25, -0.2) is 4.79 Å². The predicted octanol–water partition coefficient (Wildman–Crippen LogP) is 0.676. The van der Waals surface area contributed by atoms with Gasteiger partial charge < -0.3 is 21.3 Å². The number of carboxylic acid groups (broad SMARTS) is 2. The lowest BCUT2D eigenvalue weighted by Gasteiger charge is -2.30. The van der Waals surface area contributed by atoms with E-state index in [1.165, 1.54) is 0 Å². The van der Waals surface area contributed by atoms with E-state index in [-0.39, 0.29) is 12.3 Å². The summed E-state index contributed by atoms with van der Waals surface area (Å²) in [4.78, 5) is 34.4. The molecule has 122 valence electrons. The van der Waals surface area contributed by atoms with Crippen LogP contribution in [-0.4, -0.2) is 40.1 Å². The van der Waals surface area contributed by atoms with E-state index < -0.39 is 41.3 Å². The molecule has 5 N–H and O–H groups in total. The summed E-state index contributed by atoms with van der Waals surface area (Å²) in [5.74, 6) is -3.98. The van der Waals surface area contributed by atoms with Gasteiger partial charge in [0.1, 0.15) is 6.04 Å². The van der Waals surface area contributed by atoms with Gasteiger partial charge in [-0.2, -0.15) is 0 Å². The van der Waals surface area contributed by atoms with Crippen molar-refractivity contribution in [3.8, 4) is 0 Å². The van der Waals surface area contributed by atoms with Crippen LogP contribution in [0.5, 0.6) is 0 Å². The van der Waals surface area contributed by atoms with E-state index in [0.717, 1.165) is 0 Å². The van der Waals surface area contributed by atoms with Crippen LogP contribution in [-0.2, 0) is 14.4 Å². The minimum atomic E-state index is -1.28. The molecule has 0 saturated carbocycles. The third-order valence-electron chi connectivity index (χ3n) is 3.45. The van der Waals surface area contributed by atoms with Crippen LogP contribution in [0.3, 0.4) is 0 Å². The highest BCUT2D eigenvalue weighted by Gasteiger charge is 2.36. The summed E-state index contributed by atoms with van der Waals surface area (Å²) < 4.78 is 0. The Morgan fingerprint density at radius 2 is 1.57 bits per heavy atom. The molecule has 0 heterocycles. The van der Waals surface area contributed by atoms with E-state index >= 15 is 0 Å². The molecule has 0 aromatic carbocycles. The van der Waals surface area contributed by atoms with E-state index in [2.05, 4.69) is 5.32 Å². The van der Waals surface area contributed by atoms with Gasteiger partial charge in [0, 0.05) is 0 Å². The summed E-state index contributed by atoms with van der Waals surface area (Å²) in [5.41, 5.74) is 5.04. The number of aliphatic carboxylic acids is 2. The topological polar surface area (TPSA) is 130 Å². The molecule has 3 atom stereocenters. The van der Waals surface area contributed by atoms with Crippen molar-refractivity contribution in [2.75, 3.05) is 0 Å². The number of nitrogens with one attached hydrogen (secondary N) is 1. The number of carboxylic acids is 2. The van der Waals surface area contributed by atoms with Gasteiger partial charge in [0.05, 0.1) is 12.0 Å². The average molecular weight is 302 g/mol. The van der Waals surface area contributed by atoms with Gasteiger partial charge in [0.25, 0.3) is 0 Å². The first-order valence-corrected chi connectivity index (χ1v) is 6.89. The largest absolute Gasteiger partial charge is 0.481 e. The van der Waals surface area contributed by atoms with Gasteiger partial charge in [0.2, 0.25) is 5.91 Å². The monoisotopic (exact) mass is 302 g/mol. The number of hydrogen-bond acceptors (Lipinski definition) is 4. The van der Waals surface area contributed by atoms with Crippen LogP contribution in [0.25, 0.3) is 0 Å². The highest BCUT2D eigenvalue weighted by Crippen LogP contribution is 2.30. The third kappa shape index (κ3) is 6.12. The molecular weight excluding hydrogens is 276 g/mol. The molecule has 0 aliphatic heterocycles. The first-order valence-electron chi connectivity index (χ1n) is 6.89. The second-order valence-corrected chi connectivity index (χ2v) is 6.66. The lowest BCUT2D eigenvalue weighted by atomic mass is 9.77. The van der Waals surface area contributed by atoms with Gasteiger partial charge in [-0.05, 0) is 17.8 Å². The van der Waals surface area contributed by atoms with Crippen LogP contribution < -0.4 is 11.1 Å². The van der Waals surface area contributed by atoms with Crippen molar-refractivity contribution in [2.24, 2.45) is 23.0 Å². The normalized spacial score (nSPS) is 16.1. The quantitative estimate of drug-likeness (QED) is 0.547. The van der Waals surface area contributed by atoms with Crippen molar-refractivity contribution in [1.82, 2.24) is 5.32 Å². The molecule has 1 unspecified atom stereocenters. The molecular formula is C14H26N2O5. The summed E-state index contributed by atoms with van der Waals surface area (Å²) in [7, 11) is 0. The van der Waals surface area contributed by atoms with Crippen molar-refractivity contribution in [3.05, 3.63) is 0 Å². The maximum absolute atomic E-state index is 11.9. The first-order chi connectivity index (χ1) is 9.37. The minimum Gasteiger partial charge on any atom is -0.481 e. The molecule has 0 aromatic heterocycles. The molecule has 0 bridgehead atoms. The summed E-state index contributed by atoms with van der Waals surface area (Å²) in [6.07, 6.45) is -0.190. The average Bonchev–Trinajstić information content (AvgIpc) is 2.30. The third-order valence-corrected chi connectivity index (χ3v) is 3.45. The number of amides is 1. The van der Waals surface area contributed by atoms with Crippen molar-refractivity contribution in [3.63, 3.8) is 0 Å². The Balaban J connectivity index is 5.04. The van der Waals surface area contributed by atoms with Crippen LogP contribution in [0, 0.1) is 17.3 Å². The number of rotatable bonds is 7. The van der Waals surface area contributed by atoms with Crippen LogP contribution in [0.2, 0.25) is 0 Å². The molecule has 7 nitrogen and oxygen atoms in total. The Bertz CT molecular complexity index is 401. The summed E-state index contributed by atoms with van der Waals surface area (Å²) in [6.45, 7) is 8.63. The van der Waals surface area contributed by atoms with Gasteiger partial charge in [-0.15, -0.1) is 0 Å². The van der Waals surface area contributed by atoms with Crippen LogP contribution in [0.4, 0.5) is 0 Å². The first kappa shape index (κ1) is 19.4. The molecule has 1 amide bonds. The molecule has 7 heteroatoms. The van der Waals surface area contributed by atoms with E-state index in [1.54, 1.807) is 34.6 Å². The maximum atomic E-state index is 11.9. The van der Waals surface area contributed by atoms with Gasteiger partial charge >= 0.3 is 11.9 Å². The standard InChI is InChI=1S/C14H26N2O5/c1-7(2)10(15)11(17)16-9(13(20)21)6-8(12(18)19)14(3,4)5/h7-10H,6,15H2,1-5H3,(H,16,17)(H,18,19)(H,20,21)/t8?,9-,10-/m0/s1. The highest BCUT2D eigenvalue weighted by atomic mass is 16.4. The minimum absolute atomic E-state index is 0.141. The van der Waals surface area contributed by atoms with Crippen LogP contribution in [0.15, 0.2) is 0 Å². The van der Waals surface area contributed by atoms with Crippen molar-refractivity contribution >= 4 is 17.8 Å². The molecule has 0 fully saturated rings. The Kier molecular flexibility index (Phi) is 6.82.